The molecule has 1 aliphatic rings. The molecule has 26 heavy (non-hydrogen) atoms. The van der Waals surface area contributed by atoms with E-state index in [0.717, 1.165) is 12.8 Å². The van der Waals surface area contributed by atoms with Gasteiger partial charge in [0.05, 0.1) is 23.6 Å². The number of nitrogens with zero attached hydrogens (tertiary/aromatic N) is 1. The maximum atomic E-state index is 13.0. The highest BCUT2D eigenvalue weighted by molar-refractivity contribution is 7.78. The van der Waals surface area contributed by atoms with Crippen LogP contribution in [0.5, 0.6) is 0 Å². The molecule has 3 atom stereocenters. The van der Waals surface area contributed by atoms with Gasteiger partial charge in [-0.2, -0.15) is 4.21 Å². The van der Waals surface area contributed by atoms with E-state index in [1.807, 2.05) is 0 Å². The monoisotopic (exact) mass is 399 g/mol. The van der Waals surface area contributed by atoms with Crippen LogP contribution in [-0.2, 0) is 32.4 Å². The van der Waals surface area contributed by atoms with Gasteiger partial charge in [-0.15, -0.1) is 0 Å². The van der Waals surface area contributed by atoms with Gasteiger partial charge in [-0.1, -0.05) is 23.4 Å². The molecule has 1 saturated carbocycles. The van der Waals surface area contributed by atoms with Gasteiger partial charge >= 0.3 is 11.4 Å². The first-order valence-corrected chi connectivity index (χ1v) is 10.1. The summed E-state index contributed by atoms with van der Waals surface area (Å²) in [7, 11) is 0. The Morgan fingerprint density at radius 2 is 2.08 bits per heavy atom. The van der Waals surface area contributed by atoms with Crippen molar-refractivity contribution in [1.82, 2.24) is 5.16 Å². The van der Waals surface area contributed by atoms with Crippen LogP contribution < -0.4 is 0 Å². The SMILES string of the molecule is CC(OS(=O)O)c1cc(CS(=O)O)ccc1C(=O)c1cnoc1C1CC1. The number of rotatable bonds is 8. The van der Waals surface area contributed by atoms with E-state index >= 15 is 0 Å². The van der Waals surface area contributed by atoms with E-state index in [-0.39, 0.29) is 23.0 Å². The van der Waals surface area contributed by atoms with Gasteiger partial charge in [-0.05, 0) is 30.9 Å². The summed E-state index contributed by atoms with van der Waals surface area (Å²) in [6.07, 6.45) is 2.36. The lowest BCUT2D eigenvalue weighted by Gasteiger charge is -2.15. The van der Waals surface area contributed by atoms with E-state index < -0.39 is 28.5 Å². The van der Waals surface area contributed by atoms with Crippen LogP contribution in [0, 0.1) is 0 Å². The molecule has 8 nitrogen and oxygen atoms in total. The minimum absolute atomic E-state index is 0.128. The number of carbonyl (C=O) groups excluding carboxylic acids is 1. The molecule has 0 spiro atoms. The first kappa shape index (κ1) is 19.1. The normalized spacial score (nSPS) is 17.7. The Kier molecular flexibility index (Phi) is 5.78. The predicted molar refractivity (Wildman–Crippen MR) is 93.1 cm³/mol. The van der Waals surface area contributed by atoms with Crippen molar-refractivity contribution >= 4 is 28.2 Å². The zero-order chi connectivity index (χ0) is 18.8. The molecule has 10 heteroatoms. The number of ketones is 1. The smallest absolute Gasteiger partial charge is 0.302 e. The lowest BCUT2D eigenvalue weighted by molar-refractivity contribution is 0.103. The van der Waals surface area contributed by atoms with Gasteiger partial charge in [0.1, 0.15) is 0 Å². The maximum absolute atomic E-state index is 13.0. The fourth-order valence-corrected chi connectivity index (χ4v) is 3.58. The van der Waals surface area contributed by atoms with Crippen molar-refractivity contribution in [2.24, 2.45) is 0 Å². The van der Waals surface area contributed by atoms with Crippen LogP contribution in [0.1, 0.15) is 64.6 Å². The molecule has 0 aliphatic heterocycles. The van der Waals surface area contributed by atoms with Gasteiger partial charge in [0.2, 0.25) is 0 Å². The summed E-state index contributed by atoms with van der Waals surface area (Å²) in [5.74, 6) is 0.270. The Labute approximate surface area is 154 Å². The molecule has 0 bridgehead atoms. The number of hydrogen-bond donors (Lipinski definition) is 2. The molecular weight excluding hydrogens is 382 g/mol. The molecule has 2 aromatic rings. The molecule has 1 aromatic heterocycles. The van der Waals surface area contributed by atoms with Crippen LogP contribution in [0.4, 0.5) is 0 Å². The first-order valence-electron chi connectivity index (χ1n) is 7.84. The second-order valence-electron chi connectivity index (χ2n) is 6.05. The predicted octanol–water partition coefficient (Wildman–Crippen LogP) is 2.72. The van der Waals surface area contributed by atoms with Gasteiger partial charge in [0.15, 0.2) is 22.6 Å². The topological polar surface area (TPSA) is 127 Å². The Hall–Kier alpha value is -1.72. The van der Waals surface area contributed by atoms with E-state index in [2.05, 4.69) is 5.16 Å². The van der Waals surface area contributed by atoms with Gasteiger partial charge in [0.25, 0.3) is 0 Å². The van der Waals surface area contributed by atoms with Crippen LogP contribution in [0.25, 0.3) is 0 Å². The molecule has 3 rings (SSSR count). The Morgan fingerprint density at radius 3 is 2.69 bits per heavy atom. The van der Waals surface area contributed by atoms with Crippen molar-refractivity contribution in [3.8, 4) is 0 Å². The van der Waals surface area contributed by atoms with Crippen LogP contribution >= 0.6 is 0 Å². The highest BCUT2D eigenvalue weighted by atomic mass is 32.2. The summed E-state index contributed by atoms with van der Waals surface area (Å²) >= 11 is -4.58. The Morgan fingerprint density at radius 1 is 1.35 bits per heavy atom. The molecule has 1 aliphatic carbocycles. The van der Waals surface area contributed by atoms with Crippen LogP contribution in [0.2, 0.25) is 0 Å². The second kappa shape index (κ2) is 7.89. The van der Waals surface area contributed by atoms with Crippen molar-refractivity contribution in [2.45, 2.75) is 37.5 Å². The van der Waals surface area contributed by atoms with E-state index in [0.29, 0.717) is 22.5 Å². The fraction of sp³-hybridized carbons (Fsp3) is 0.375. The largest absolute Gasteiger partial charge is 0.360 e. The number of benzene rings is 1. The number of aromatic nitrogens is 1. The quantitative estimate of drug-likeness (QED) is 0.512. The van der Waals surface area contributed by atoms with Gasteiger partial charge in [0, 0.05) is 11.5 Å². The molecule has 1 heterocycles. The molecule has 140 valence electrons. The van der Waals surface area contributed by atoms with Crippen LogP contribution in [-0.4, -0.2) is 28.5 Å². The van der Waals surface area contributed by atoms with Crippen molar-refractivity contribution in [3.05, 3.63) is 52.4 Å². The van der Waals surface area contributed by atoms with Gasteiger partial charge in [-0.25, -0.2) is 4.21 Å². The summed E-state index contributed by atoms with van der Waals surface area (Å²) in [5, 5.41) is 3.72. The molecule has 0 radical (unpaired) electrons. The molecule has 1 fully saturated rings. The van der Waals surface area contributed by atoms with Crippen LogP contribution in [0.15, 0.2) is 28.9 Å². The summed E-state index contributed by atoms with van der Waals surface area (Å²) in [6, 6.07) is 4.62. The van der Waals surface area contributed by atoms with E-state index in [1.54, 1.807) is 6.07 Å². The third-order valence-corrected chi connectivity index (χ3v) is 5.14. The average molecular weight is 399 g/mol. The summed E-state index contributed by atoms with van der Waals surface area (Å²) < 4.78 is 50.2. The summed E-state index contributed by atoms with van der Waals surface area (Å²) in [4.78, 5) is 13.0. The van der Waals surface area contributed by atoms with Crippen molar-refractivity contribution < 1.29 is 31.0 Å². The zero-order valence-corrected chi connectivity index (χ0v) is 15.4. The minimum atomic E-state index is -2.52. The van der Waals surface area contributed by atoms with E-state index in [1.165, 1.54) is 25.3 Å². The lowest BCUT2D eigenvalue weighted by Crippen LogP contribution is -2.12. The average Bonchev–Trinajstić information content (AvgIpc) is 3.30. The third-order valence-electron chi connectivity index (χ3n) is 4.11. The Balaban J connectivity index is 2.01. The van der Waals surface area contributed by atoms with Gasteiger partial charge < -0.3 is 9.08 Å². The Bertz CT molecular complexity index is 875. The van der Waals surface area contributed by atoms with E-state index in [9.17, 15) is 13.2 Å². The maximum Gasteiger partial charge on any atom is 0.302 e. The number of carbonyl (C=O) groups is 1. The molecule has 2 N–H and O–H groups in total. The lowest BCUT2D eigenvalue weighted by atomic mass is 9.94. The highest BCUT2D eigenvalue weighted by Gasteiger charge is 2.33. The standard InChI is InChI=1S/C16H17NO7S2/c1-9(24-26(21)22)13-6-10(8-25(19)20)2-5-12(13)15(18)14-7-17-23-16(14)11-3-4-11/h2,5-7,9,11H,3-4,8H2,1H3,(H,19,20)(H,21,22). The van der Waals surface area contributed by atoms with Gasteiger partial charge in [-0.3, -0.25) is 13.5 Å². The summed E-state index contributed by atoms with van der Waals surface area (Å²) in [6.45, 7) is 1.52. The first-order chi connectivity index (χ1) is 12.4. The minimum Gasteiger partial charge on any atom is -0.360 e. The van der Waals surface area contributed by atoms with E-state index in [4.69, 9.17) is 17.8 Å². The third kappa shape index (κ3) is 4.33. The van der Waals surface area contributed by atoms with Crippen molar-refractivity contribution in [1.29, 1.82) is 0 Å². The van der Waals surface area contributed by atoms with Crippen LogP contribution in [0.3, 0.4) is 0 Å². The highest BCUT2D eigenvalue weighted by Crippen LogP contribution is 2.42. The van der Waals surface area contributed by atoms with Crippen molar-refractivity contribution in [2.75, 3.05) is 0 Å². The molecule has 0 amide bonds. The van der Waals surface area contributed by atoms with Crippen molar-refractivity contribution in [3.63, 3.8) is 0 Å². The fourth-order valence-electron chi connectivity index (χ4n) is 2.77. The molecule has 0 saturated heterocycles. The molecular formula is C16H17NO7S2. The zero-order valence-electron chi connectivity index (χ0n) is 13.8. The second-order valence-corrected chi connectivity index (χ2v) is 7.61. The molecule has 3 unspecified atom stereocenters. The number of hydrogen-bond acceptors (Lipinski definition) is 6. The summed E-state index contributed by atoms with van der Waals surface area (Å²) in [5.41, 5.74) is 1.47. The molecule has 1 aromatic carbocycles.